The Morgan fingerprint density at radius 3 is 2.86 bits per heavy atom. The predicted octanol–water partition coefficient (Wildman–Crippen LogP) is 4.44. The fourth-order valence-electron chi connectivity index (χ4n) is 2.99. The minimum absolute atomic E-state index is 0.134. The Balaban J connectivity index is 1.69. The third-order valence-electron chi connectivity index (χ3n) is 4.08. The van der Waals surface area contributed by atoms with E-state index in [4.69, 9.17) is 9.73 Å². The highest BCUT2D eigenvalue weighted by molar-refractivity contribution is 8.14. The van der Waals surface area contributed by atoms with Crippen molar-refractivity contribution in [3.63, 3.8) is 0 Å². The van der Waals surface area contributed by atoms with E-state index < -0.39 is 0 Å². The molecule has 1 spiro atoms. The molecule has 3 rings (SSSR count). The molecule has 1 N–H and O–H groups in total. The van der Waals surface area contributed by atoms with Crippen molar-refractivity contribution < 1.29 is 9.13 Å². The van der Waals surface area contributed by atoms with Gasteiger partial charge in [-0.3, -0.25) is 4.99 Å². The maximum atomic E-state index is 13.8. The summed E-state index contributed by atoms with van der Waals surface area (Å²) in [5, 5.41) is 4.16. The minimum Gasteiger partial charge on any atom is -0.491 e. The largest absolute Gasteiger partial charge is 0.491 e. The van der Waals surface area contributed by atoms with Gasteiger partial charge in [-0.25, -0.2) is 4.39 Å². The summed E-state index contributed by atoms with van der Waals surface area (Å²) in [6.45, 7) is 2.31. The van der Waals surface area contributed by atoms with E-state index in [1.807, 2.05) is 13.0 Å². The minimum atomic E-state index is -0.335. The Hall–Kier alpha value is -1.23. The first kappa shape index (κ1) is 14.7. The first-order valence-electron chi connectivity index (χ1n) is 7.63. The average molecular weight is 308 g/mol. The highest BCUT2D eigenvalue weighted by Gasteiger charge is 2.36. The van der Waals surface area contributed by atoms with E-state index in [0.717, 1.165) is 16.6 Å². The van der Waals surface area contributed by atoms with Crippen LogP contribution in [0.15, 0.2) is 23.2 Å². The summed E-state index contributed by atoms with van der Waals surface area (Å²) in [4.78, 5) is 4.88. The molecule has 1 heterocycles. The first-order valence-corrected chi connectivity index (χ1v) is 8.61. The number of rotatable bonds is 3. The zero-order valence-corrected chi connectivity index (χ0v) is 13.1. The van der Waals surface area contributed by atoms with Crippen molar-refractivity contribution >= 4 is 22.6 Å². The van der Waals surface area contributed by atoms with Crippen molar-refractivity contribution in [1.29, 1.82) is 0 Å². The molecule has 1 aliphatic carbocycles. The maximum absolute atomic E-state index is 13.8. The van der Waals surface area contributed by atoms with Crippen LogP contribution in [0.4, 0.5) is 10.1 Å². The highest BCUT2D eigenvalue weighted by atomic mass is 32.2. The molecule has 1 aromatic rings. The average Bonchev–Trinajstić information content (AvgIpc) is 2.85. The van der Waals surface area contributed by atoms with Gasteiger partial charge in [0.25, 0.3) is 0 Å². The third kappa shape index (κ3) is 3.34. The molecule has 1 saturated carbocycles. The molecule has 2 aliphatic rings. The molecule has 0 bridgehead atoms. The lowest BCUT2D eigenvalue weighted by Gasteiger charge is -2.29. The summed E-state index contributed by atoms with van der Waals surface area (Å²) < 4.78 is 19.1. The molecule has 0 radical (unpaired) electrons. The van der Waals surface area contributed by atoms with Gasteiger partial charge < -0.3 is 10.1 Å². The molecule has 1 fully saturated rings. The smallest absolute Gasteiger partial charge is 0.167 e. The normalized spacial score (nSPS) is 20.4. The van der Waals surface area contributed by atoms with Crippen LogP contribution in [0.1, 0.15) is 39.0 Å². The number of halogens is 1. The van der Waals surface area contributed by atoms with Gasteiger partial charge in [0.2, 0.25) is 0 Å². The van der Waals surface area contributed by atoms with Crippen LogP contribution in [0.25, 0.3) is 0 Å². The van der Waals surface area contributed by atoms with Gasteiger partial charge in [0.15, 0.2) is 16.7 Å². The van der Waals surface area contributed by atoms with Gasteiger partial charge in [0.05, 0.1) is 12.1 Å². The van der Waals surface area contributed by atoms with Crippen LogP contribution in [0.2, 0.25) is 0 Å². The number of anilines is 1. The molecular formula is C16H21FN2OS. The van der Waals surface area contributed by atoms with Crippen LogP contribution in [0.5, 0.6) is 5.75 Å². The van der Waals surface area contributed by atoms with E-state index in [-0.39, 0.29) is 11.4 Å². The van der Waals surface area contributed by atoms with Crippen molar-refractivity contribution in [3.8, 4) is 5.75 Å². The molecule has 0 saturated heterocycles. The van der Waals surface area contributed by atoms with Gasteiger partial charge in [-0.05, 0) is 31.9 Å². The molecule has 0 unspecified atom stereocenters. The molecule has 114 valence electrons. The number of thioether (sulfide) groups is 1. The van der Waals surface area contributed by atoms with Gasteiger partial charge >= 0.3 is 0 Å². The Bertz CT molecular complexity index is 541. The summed E-state index contributed by atoms with van der Waals surface area (Å²) >= 11 is 1.75. The molecular weight excluding hydrogens is 287 g/mol. The maximum Gasteiger partial charge on any atom is 0.167 e. The fourth-order valence-corrected chi connectivity index (χ4v) is 4.19. The third-order valence-corrected chi connectivity index (χ3v) is 5.23. The van der Waals surface area contributed by atoms with Gasteiger partial charge in [-0.15, -0.1) is 0 Å². The van der Waals surface area contributed by atoms with Crippen molar-refractivity contribution in [1.82, 2.24) is 0 Å². The Kier molecular flexibility index (Phi) is 4.38. The van der Waals surface area contributed by atoms with Gasteiger partial charge in [0.1, 0.15) is 0 Å². The van der Waals surface area contributed by atoms with E-state index in [0.29, 0.717) is 12.4 Å². The molecule has 3 nitrogen and oxygen atoms in total. The SMILES string of the molecule is CCOc1ccc(NC2=NC3(CCCCC3)CS2)cc1F. The van der Waals surface area contributed by atoms with E-state index in [9.17, 15) is 4.39 Å². The standard InChI is InChI=1S/C16H21FN2OS/c1-2-20-14-7-6-12(10-13(14)17)18-15-19-16(11-21-15)8-4-3-5-9-16/h6-7,10H,2-5,8-9,11H2,1H3,(H,18,19). The molecule has 1 aromatic carbocycles. The van der Waals surface area contributed by atoms with Crippen LogP contribution in [0.3, 0.4) is 0 Å². The van der Waals surface area contributed by atoms with Crippen LogP contribution in [-0.4, -0.2) is 23.1 Å². The van der Waals surface area contributed by atoms with E-state index >= 15 is 0 Å². The Labute approximate surface area is 129 Å². The van der Waals surface area contributed by atoms with Crippen LogP contribution in [0, 0.1) is 5.82 Å². The number of hydrogen-bond donors (Lipinski definition) is 1. The number of amidine groups is 1. The highest BCUT2D eigenvalue weighted by Crippen LogP contribution is 2.40. The molecule has 0 atom stereocenters. The van der Waals surface area contributed by atoms with E-state index in [1.54, 1.807) is 17.8 Å². The lowest BCUT2D eigenvalue weighted by Crippen LogP contribution is -2.29. The van der Waals surface area contributed by atoms with Crippen LogP contribution < -0.4 is 10.1 Å². The van der Waals surface area contributed by atoms with Crippen molar-refractivity contribution in [2.75, 3.05) is 17.7 Å². The van der Waals surface area contributed by atoms with E-state index in [1.165, 1.54) is 38.2 Å². The quantitative estimate of drug-likeness (QED) is 0.896. The van der Waals surface area contributed by atoms with E-state index in [2.05, 4.69) is 5.32 Å². The number of nitrogens with one attached hydrogen (secondary N) is 1. The second-order valence-corrected chi connectivity index (χ2v) is 6.66. The summed E-state index contributed by atoms with van der Waals surface area (Å²) in [5.41, 5.74) is 0.866. The number of aliphatic imine (C=N–C) groups is 1. The van der Waals surface area contributed by atoms with Gasteiger partial charge in [0, 0.05) is 17.5 Å². The summed E-state index contributed by atoms with van der Waals surface area (Å²) in [5.74, 6) is 1.01. The van der Waals surface area contributed by atoms with Gasteiger partial charge in [-0.1, -0.05) is 31.0 Å². The number of ether oxygens (including phenoxy) is 1. The van der Waals surface area contributed by atoms with Crippen molar-refractivity contribution in [2.24, 2.45) is 4.99 Å². The van der Waals surface area contributed by atoms with Crippen LogP contribution >= 0.6 is 11.8 Å². The summed E-state index contributed by atoms with van der Waals surface area (Å²) in [6.07, 6.45) is 6.24. The fraction of sp³-hybridized carbons (Fsp3) is 0.562. The number of nitrogens with zero attached hydrogens (tertiary/aromatic N) is 1. The monoisotopic (exact) mass is 308 g/mol. The molecule has 21 heavy (non-hydrogen) atoms. The van der Waals surface area contributed by atoms with Crippen LogP contribution in [-0.2, 0) is 0 Å². The lowest BCUT2D eigenvalue weighted by atomic mass is 9.84. The summed E-state index contributed by atoms with van der Waals surface area (Å²) in [6, 6.07) is 4.97. The second-order valence-electron chi connectivity index (χ2n) is 5.69. The van der Waals surface area contributed by atoms with Crippen molar-refractivity contribution in [3.05, 3.63) is 24.0 Å². The van der Waals surface area contributed by atoms with Crippen molar-refractivity contribution in [2.45, 2.75) is 44.6 Å². The molecule has 0 aromatic heterocycles. The zero-order valence-electron chi connectivity index (χ0n) is 12.3. The summed E-state index contributed by atoms with van der Waals surface area (Å²) in [7, 11) is 0. The Morgan fingerprint density at radius 2 is 2.14 bits per heavy atom. The Morgan fingerprint density at radius 1 is 1.33 bits per heavy atom. The van der Waals surface area contributed by atoms with Gasteiger partial charge in [-0.2, -0.15) is 0 Å². The molecule has 5 heteroatoms. The molecule has 0 amide bonds. The number of hydrogen-bond acceptors (Lipinski definition) is 4. The second kappa shape index (κ2) is 6.26. The molecule has 1 aliphatic heterocycles. The zero-order chi connectivity index (χ0) is 14.7. The number of benzene rings is 1. The first-order chi connectivity index (χ1) is 10.2. The predicted molar refractivity (Wildman–Crippen MR) is 86.9 cm³/mol. The topological polar surface area (TPSA) is 33.6 Å². The lowest BCUT2D eigenvalue weighted by molar-refractivity contribution is 0.321.